The van der Waals surface area contributed by atoms with Crippen LogP contribution >= 0.6 is 0 Å². The van der Waals surface area contributed by atoms with Crippen LogP contribution in [0.15, 0.2) is 30.3 Å². The van der Waals surface area contributed by atoms with E-state index in [2.05, 4.69) is 6.92 Å². The number of likely N-dealkylation sites (tertiary alicyclic amines) is 1. The smallest absolute Gasteiger partial charge is 0.247 e. The average Bonchev–Trinajstić information content (AvgIpc) is 2.72. The van der Waals surface area contributed by atoms with Gasteiger partial charge in [-0.15, -0.1) is 0 Å². The van der Waals surface area contributed by atoms with Crippen LogP contribution in [-0.4, -0.2) is 23.4 Å². The van der Waals surface area contributed by atoms with Crippen LogP contribution in [0.4, 0.5) is 0 Å². The van der Waals surface area contributed by atoms with Crippen LogP contribution in [0.3, 0.4) is 0 Å². The van der Waals surface area contributed by atoms with Gasteiger partial charge in [0.2, 0.25) is 5.91 Å². The summed E-state index contributed by atoms with van der Waals surface area (Å²) in [6.07, 6.45) is 5.64. The normalized spacial score (nSPS) is 22.9. The van der Waals surface area contributed by atoms with Crippen LogP contribution in [-0.2, 0) is 10.3 Å². The molecule has 110 valence electrons. The predicted molar refractivity (Wildman–Crippen MR) is 82.2 cm³/mol. The Kier molecular flexibility index (Phi) is 4.81. The summed E-state index contributed by atoms with van der Waals surface area (Å²) in [4.78, 5) is 15.0. The van der Waals surface area contributed by atoms with Crippen molar-refractivity contribution >= 4 is 5.91 Å². The van der Waals surface area contributed by atoms with E-state index in [9.17, 15) is 4.79 Å². The number of rotatable bonds is 3. The van der Waals surface area contributed by atoms with E-state index < -0.39 is 5.54 Å². The summed E-state index contributed by atoms with van der Waals surface area (Å²) < 4.78 is 0. The maximum atomic E-state index is 12.9. The van der Waals surface area contributed by atoms with Gasteiger partial charge in [-0.2, -0.15) is 0 Å². The van der Waals surface area contributed by atoms with E-state index >= 15 is 0 Å². The van der Waals surface area contributed by atoms with Crippen molar-refractivity contribution in [3.05, 3.63) is 35.9 Å². The quantitative estimate of drug-likeness (QED) is 0.921. The minimum absolute atomic E-state index is 0.0671. The van der Waals surface area contributed by atoms with E-state index in [1.807, 2.05) is 42.2 Å². The maximum absolute atomic E-state index is 12.9. The highest BCUT2D eigenvalue weighted by atomic mass is 16.2. The second-order valence-corrected chi connectivity index (χ2v) is 5.98. The molecule has 0 bridgehead atoms. The van der Waals surface area contributed by atoms with E-state index in [0.29, 0.717) is 6.04 Å². The van der Waals surface area contributed by atoms with Crippen LogP contribution in [0.25, 0.3) is 0 Å². The van der Waals surface area contributed by atoms with Crippen molar-refractivity contribution in [3.8, 4) is 0 Å². The number of hydrogen-bond donors (Lipinski definition) is 1. The van der Waals surface area contributed by atoms with Gasteiger partial charge in [-0.1, -0.05) is 50.1 Å². The van der Waals surface area contributed by atoms with Crippen molar-refractivity contribution in [1.82, 2.24) is 4.90 Å². The number of carbonyl (C=O) groups is 1. The lowest BCUT2D eigenvalue weighted by molar-refractivity contribution is -0.139. The first kappa shape index (κ1) is 15.0. The summed E-state index contributed by atoms with van der Waals surface area (Å²) in [7, 11) is 0. The molecule has 0 spiro atoms. The molecule has 0 saturated carbocycles. The minimum Gasteiger partial charge on any atom is -0.338 e. The van der Waals surface area contributed by atoms with Gasteiger partial charge in [-0.05, 0) is 31.7 Å². The molecule has 1 heterocycles. The first-order valence-corrected chi connectivity index (χ1v) is 7.73. The summed E-state index contributed by atoms with van der Waals surface area (Å²) in [6.45, 7) is 4.84. The van der Waals surface area contributed by atoms with Crippen LogP contribution in [0, 0.1) is 0 Å². The average molecular weight is 274 g/mol. The fraction of sp³-hybridized carbons (Fsp3) is 0.588. The first-order chi connectivity index (χ1) is 9.57. The molecule has 0 aromatic heterocycles. The Morgan fingerprint density at radius 1 is 1.30 bits per heavy atom. The summed E-state index contributed by atoms with van der Waals surface area (Å²) in [5, 5.41) is 0. The van der Waals surface area contributed by atoms with E-state index in [1.165, 1.54) is 12.8 Å². The lowest BCUT2D eigenvalue weighted by Gasteiger charge is -2.36. The zero-order valence-electron chi connectivity index (χ0n) is 12.6. The summed E-state index contributed by atoms with van der Waals surface area (Å²) in [5.74, 6) is 0.0671. The van der Waals surface area contributed by atoms with Gasteiger partial charge in [-0.3, -0.25) is 4.79 Å². The van der Waals surface area contributed by atoms with E-state index in [4.69, 9.17) is 5.73 Å². The minimum atomic E-state index is -0.932. The molecule has 2 unspecified atom stereocenters. The van der Waals surface area contributed by atoms with Gasteiger partial charge in [0.25, 0.3) is 0 Å². The molecule has 0 aliphatic carbocycles. The highest BCUT2D eigenvalue weighted by molar-refractivity contribution is 5.87. The fourth-order valence-corrected chi connectivity index (χ4v) is 3.08. The molecule has 1 saturated heterocycles. The third-order valence-electron chi connectivity index (χ3n) is 4.43. The zero-order valence-corrected chi connectivity index (χ0v) is 12.6. The Morgan fingerprint density at radius 2 is 2.00 bits per heavy atom. The van der Waals surface area contributed by atoms with Crippen molar-refractivity contribution in [2.75, 3.05) is 6.54 Å². The molecule has 3 heteroatoms. The fourth-order valence-electron chi connectivity index (χ4n) is 3.08. The molecular weight excluding hydrogens is 248 g/mol. The van der Waals surface area contributed by atoms with Gasteiger partial charge in [0.05, 0.1) is 0 Å². The summed E-state index contributed by atoms with van der Waals surface area (Å²) in [5.41, 5.74) is 6.35. The molecule has 20 heavy (non-hydrogen) atoms. The molecule has 1 aromatic rings. The van der Waals surface area contributed by atoms with Crippen LogP contribution in [0.5, 0.6) is 0 Å². The van der Waals surface area contributed by atoms with Crippen LogP contribution < -0.4 is 5.73 Å². The molecule has 0 radical (unpaired) electrons. The molecule has 3 nitrogen and oxygen atoms in total. The highest BCUT2D eigenvalue weighted by Gasteiger charge is 2.37. The van der Waals surface area contributed by atoms with Crippen molar-refractivity contribution in [2.45, 2.75) is 57.5 Å². The van der Waals surface area contributed by atoms with Gasteiger partial charge in [0, 0.05) is 12.6 Å². The monoisotopic (exact) mass is 274 g/mol. The lowest BCUT2D eigenvalue weighted by atomic mass is 9.90. The standard InChI is InChI=1S/C17H26N2O/c1-3-15-12-8-5-9-13-19(15)16(20)17(2,18)14-10-6-4-7-11-14/h4,6-7,10-11,15H,3,5,8-9,12-13,18H2,1-2H3. The van der Waals surface area contributed by atoms with Gasteiger partial charge in [0.1, 0.15) is 5.54 Å². The summed E-state index contributed by atoms with van der Waals surface area (Å²) >= 11 is 0. The first-order valence-electron chi connectivity index (χ1n) is 7.73. The van der Waals surface area contributed by atoms with E-state index in [0.717, 1.165) is 31.4 Å². The molecule has 2 atom stereocenters. The molecule has 1 aliphatic rings. The predicted octanol–water partition coefficient (Wildman–Crippen LogP) is 3.04. The van der Waals surface area contributed by atoms with E-state index in [-0.39, 0.29) is 5.91 Å². The SMILES string of the molecule is CCC1CCCCCN1C(=O)C(C)(N)c1ccccc1. The van der Waals surface area contributed by atoms with Gasteiger partial charge in [0.15, 0.2) is 0 Å². The number of carbonyl (C=O) groups excluding carboxylic acids is 1. The van der Waals surface area contributed by atoms with Crippen LogP contribution in [0.1, 0.15) is 51.5 Å². The second-order valence-electron chi connectivity index (χ2n) is 5.98. The lowest BCUT2D eigenvalue weighted by Crippen LogP contribution is -2.54. The second kappa shape index (κ2) is 6.40. The van der Waals surface area contributed by atoms with Crippen molar-refractivity contribution in [2.24, 2.45) is 5.73 Å². The Morgan fingerprint density at radius 3 is 2.65 bits per heavy atom. The zero-order chi connectivity index (χ0) is 14.6. The third kappa shape index (κ3) is 3.04. The van der Waals surface area contributed by atoms with Crippen LogP contribution in [0.2, 0.25) is 0 Å². The molecule has 1 aliphatic heterocycles. The van der Waals surface area contributed by atoms with Crippen molar-refractivity contribution in [3.63, 3.8) is 0 Å². The molecule has 2 N–H and O–H groups in total. The number of benzene rings is 1. The maximum Gasteiger partial charge on any atom is 0.247 e. The van der Waals surface area contributed by atoms with Gasteiger partial charge in [-0.25, -0.2) is 0 Å². The largest absolute Gasteiger partial charge is 0.338 e. The Bertz CT molecular complexity index is 442. The number of hydrogen-bond acceptors (Lipinski definition) is 2. The Hall–Kier alpha value is -1.35. The number of nitrogens with zero attached hydrogens (tertiary/aromatic N) is 1. The molecule has 1 aromatic carbocycles. The summed E-state index contributed by atoms with van der Waals surface area (Å²) in [6, 6.07) is 10.1. The molecule has 2 rings (SSSR count). The molecule has 1 amide bonds. The van der Waals surface area contributed by atoms with E-state index in [1.54, 1.807) is 0 Å². The van der Waals surface area contributed by atoms with Gasteiger partial charge >= 0.3 is 0 Å². The number of amides is 1. The van der Waals surface area contributed by atoms with Gasteiger partial charge < -0.3 is 10.6 Å². The van der Waals surface area contributed by atoms with Crippen molar-refractivity contribution < 1.29 is 4.79 Å². The number of nitrogens with two attached hydrogens (primary N) is 1. The Labute approximate surface area is 122 Å². The van der Waals surface area contributed by atoms with Crippen molar-refractivity contribution in [1.29, 1.82) is 0 Å². The molecule has 1 fully saturated rings. The third-order valence-corrected chi connectivity index (χ3v) is 4.43. The highest BCUT2D eigenvalue weighted by Crippen LogP contribution is 2.26. The molecular formula is C17H26N2O. The Balaban J connectivity index is 2.24. The topological polar surface area (TPSA) is 46.3 Å².